The van der Waals surface area contributed by atoms with Gasteiger partial charge in [-0.15, -0.1) is 0 Å². The molecule has 0 fully saturated rings. The van der Waals surface area contributed by atoms with Crippen molar-refractivity contribution in [1.29, 1.82) is 0 Å². The van der Waals surface area contributed by atoms with Gasteiger partial charge in [-0.3, -0.25) is 0 Å². The number of para-hydroxylation sites is 1. The molecular formula is C12H17NO. The van der Waals surface area contributed by atoms with E-state index in [2.05, 4.69) is 5.32 Å². The van der Waals surface area contributed by atoms with Crippen molar-refractivity contribution in [2.24, 2.45) is 5.41 Å². The first-order valence-corrected chi connectivity index (χ1v) is 4.81. The molecule has 0 saturated carbocycles. The Labute approximate surface area is 85.3 Å². The molecule has 0 aliphatic rings. The molecule has 0 spiro atoms. The van der Waals surface area contributed by atoms with Gasteiger partial charge >= 0.3 is 0 Å². The van der Waals surface area contributed by atoms with Crippen LogP contribution in [-0.4, -0.2) is 12.3 Å². The fraction of sp³-hybridized carbons (Fsp3) is 0.417. The molecule has 0 amide bonds. The average Bonchev–Trinajstić information content (AvgIpc) is 2.14. The minimum atomic E-state index is -0.148. The van der Waals surface area contributed by atoms with Gasteiger partial charge in [-0.25, -0.2) is 0 Å². The van der Waals surface area contributed by atoms with Crippen molar-refractivity contribution in [2.75, 3.05) is 5.32 Å². The summed E-state index contributed by atoms with van der Waals surface area (Å²) >= 11 is 0. The molecule has 0 aliphatic heterocycles. The Hall–Kier alpha value is -1.31. The Morgan fingerprint density at radius 3 is 2.21 bits per heavy atom. The zero-order valence-corrected chi connectivity index (χ0v) is 8.95. The maximum absolute atomic E-state index is 10.9. The Morgan fingerprint density at radius 1 is 1.21 bits per heavy atom. The largest absolute Gasteiger partial charge is 0.375 e. The highest BCUT2D eigenvalue weighted by molar-refractivity contribution is 5.65. The molecule has 14 heavy (non-hydrogen) atoms. The molecule has 0 bridgehead atoms. The van der Waals surface area contributed by atoms with Crippen LogP contribution in [-0.2, 0) is 4.79 Å². The molecule has 1 aromatic rings. The first-order chi connectivity index (χ1) is 6.54. The van der Waals surface area contributed by atoms with Crippen molar-refractivity contribution in [1.82, 2.24) is 0 Å². The molecule has 0 heterocycles. The van der Waals surface area contributed by atoms with Crippen molar-refractivity contribution in [3.05, 3.63) is 30.3 Å². The van der Waals surface area contributed by atoms with Gasteiger partial charge in [0.1, 0.15) is 6.29 Å². The van der Waals surface area contributed by atoms with Crippen LogP contribution in [0.15, 0.2) is 30.3 Å². The lowest BCUT2D eigenvalue weighted by atomic mass is 9.87. The summed E-state index contributed by atoms with van der Waals surface area (Å²) in [5.41, 5.74) is 0.928. The third kappa shape index (κ3) is 2.87. The van der Waals surface area contributed by atoms with Crippen molar-refractivity contribution >= 4 is 12.0 Å². The first kappa shape index (κ1) is 10.8. The van der Waals surface area contributed by atoms with E-state index in [4.69, 9.17) is 0 Å². The minimum absolute atomic E-state index is 0.0579. The van der Waals surface area contributed by atoms with E-state index in [9.17, 15) is 4.79 Å². The van der Waals surface area contributed by atoms with E-state index in [0.717, 1.165) is 12.0 Å². The normalized spacial score (nSPS) is 13.4. The smallest absolute Gasteiger partial charge is 0.142 e. The highest BCUT2D eigenvalue weighted by Crippen LogP contribution is 2.21. The number of aldehydes is 1. The summed E-state index contributed by atoms with van der Waals surface area (Å²) in [5, 5.41) is 3.20. The molecular weight excluding hydrogens is 174 g/mol. The van der Waals surface area contributed by atoms with Crippen LogP contribution in [0.5, 0.6) is 0 Å². The number of carbonyl (C=O) groups excluding carboxylic acids is 1. The van der Waals surface area contributed by atoms with Crippen LogP contribution in [0.25, 0.3) is 0 Å². The summed E-state index contributed by atoms with van der Waals surface area (Å²) in [6.45, 7) is 6.13. The van der Waals surface area contributed by atoms with Gasteiger partial charge in [-0.05, 0) is 17.5 Å². The minimum Gasteiger partial charge on any atom is -0.375 e. The molecule has 0 radical (unpaired) electrons. The summed E-state index contributed by atoms with van der Waals surface area (Å²) in [4.78, 5) is 10.9. The van der Waals surface area contributed by atoms with Crippen LogP contribution in [0.1, 0.15) is 20.8 Å². The number of anilines is 1. The molecule has 0 aromatic heterocycles. The van der Waals surface area contributed by atoms with Crippen LogP contribution >= 0.6 is 0 Å². The Bertz CT molecular complexity index is 287. The lowest BCUT2D eigenvalue weighted by Gasteiger charge is -2.27. The predicted molar refractivity (Wildman–Crippen MR) is 59.4 cm³/mol. The SMILES string of the molecule is CC(C)(C)[C@@H](C=O)Nc1ccccc1. The molecule has 1 rings (SSSR count). The van der Waals surface area contributed by atoms with Gasteiger partial charge < -0.3 is 10.1 Å². The molecule has 2 heteroatoms. The number of carbonyl (C=O) groups is 1. The highest BCUT2D eigenvalue weighted by Gasteiger charge is 2.23. The third-order valence-corrected chi connectivity index (χ3v) is 2.17. The molecule has 1 aromatic carbocycles. The lowest BCUT2D eigenvalue weighted by molar-refractivity contribution is -0.110. The van der Waals surface area contributed by atoms with Crippen LogP contribution in [0.2, 0.25) is 0 Å². The van der Waals surface area contributed by atoms with Crippen molar-refractivity contribution < 1.29 is 4.79 Å². The van der Waals surface area contributed by atoms with Gasteiger partial charge in [-0.2, -0.15) is 0 Å². The fourth-order valence-corrected chi connectivity index (χ4v) is 1.17. The van der Waals surface area contributed by atoms with Crippen LogP contribution in [0.3, 0.4) is 0 Å². The summed E-state index contributed by atoms with van der Waals surface area (Å²) in [6.07, 6.45) is 0.965. The van der Waals surface area contributed by atoms with E-state index in [1.165, 1.54) is 0 Å². The number of rotatable bonds is 3. The monoisotopic (exact) mass is 191 g/mol. The average molecular weight is 191 g/mol. The van der Waals surface area contributed by atoms with E-state index in [1.54, 1.807) is 0 Å². The van der Waals surface area contributed by atoms with E-state index >= 15 is 0 Å². The fourth-order valence-electron chi connectivity index (χ4n) is 1.17. The zero-order valence-electron chi connectivity index (χ0n) is 8.95. The van der Waals surface area contributed by atoms with Gasteiger partial charge in [0.2, 0.25) is 0 Å². The maximum atomic E-state index is 10.9. The number of nitrogens with one attached hydrogen (secondary N) is 1. The van der Waals surface area contributed by atoms with E-state index < -0.39 is 0 Å². The summed E-state index contributed by atoms with van der Waals surface area (Å²) in [5.74, 6) is 0. The van der Waals surface area contributed by atoms with Crippen LogP contribution < -0.4 is 5.32 Å². The van der Waals surface area contributed by atoms with Crippen molar-refractivity contribution in [2.45, 2.75) is 26.8 Å². The topological polar surface area (TPSA) is 29.1 Å². The second-order valence-electron chi connectivity index (χ2n) is 4.49. The van der Waals surface area contributed by atoms with E-state index in [-0.39, 0.29) is 11.5 Å². The van der Waals surface area contributed by atoms with E-state index in [0.29, 0.717) is 0 Å². The van der Waals surface area contributed by atoms with Crippen molar-refractivity contribution in [3.8, 4) is 0 Å². The quantitative estimate of drug-likeness (QED) is 0.744. The zero-order chi connectivity index (χ0) is 10.6. The number of hydrogen-bond acceptors (Lipinski definition) is 2. The molecule has 1 atom stereocenters. The summed E-state index contributed by atoms with van der Waals surface area (Å²) < 4.78 is 0. The van der Waals surface area contributed by atoms with Crippen molar-refractivity contribution in [3.63, 3.8) is 0 Å². The molecule has 76 valence electrons. The Kier molecular flexibility index (Phi) is 3.28. The number of benzene rings is 1. The van der Waals surface area contributed by atoms with E-state index in [1.807, 2.05) is 51.1 Å². The van der Waals surface area contributed by atoms with Gasteiger partial charge in [0.25, 0.3) is 0 Å². The second kappa shape index (κ2) is 4.27. The summed E-state index contributed by atoms with van der Waals surface area (Å²) in [7, 11) is 0. The highest BCUT2D eigenvalue weighted by atomic mass is 16.1. The molecule has 0 aliphatic carbocycles. The summed E-state index contributed by atoms with van der Waals surface area (Å²) in [6, 6.07) is 9.63. The number of hydrogen-bond donors (Lipinski definition) is 1. The van der Waals surface area contributed by atoms with Gasteiger partial charge in [-0.1, -0.05) is 39.0 Å². The third-order valence-electron chi connectivity index (χ3n) is 2.17. The Morgan fingerprint density at radius 2 is 1.79 bits per heavy atom. The van der Waals surface area contributed by atoms with Gasteiger partial charge in [0, 0.05) is 5.69 Å². The molecule has 0 unspecified atom stereocenters. The Balaban J connectivity index is 2.72. The maximum Gasteiger partial charge on any atom is 0.142 e. The lowest BCUT2D eigenvalue weighted by Crippen LogP contribution is -2.35. The van der Waals surface area contributed by atoms with Gasteiger partial charge in [0.05, 0.1) is 6.04 Å². The van der Waals surface area contributed by atoms with Crippen LogP contribution in [0.4, 0.5) is 5.69 Å². The second-order valence-corrected chi connectivity index (χ2v) is 4.49. The molecule has 0 saturated heterocycles. The first-order valence-electron chi connectivity index (χ1n) is 4.81. The molecule has 2 nitrogen and oxygen atoms in total. The predicted octanol–water partition coefficient (Wildman–Crippen LogP) is 2.71. The standard InChI is InChI=1S/C12H17NO/c1-12(2,3)11(9-14)13-10-7-5-4-6-8-10/h4-9,11,13H,1-3H3/t11-/m1/s1. The van der Waals surface area contributed by atoms with Crippen LogP contribution in [0, 0.1) is 5.41 Å². The molecule has 1 N–H and O–H groups in total. The van der Waals surface area contributed by atoms with Gasteiger partial charge in [0.15, 0.2) is 0 Å².